The van der Waals surface area contributed by atoms with Gasteiger partial charge in [0.1, 0.15) is 6.09 Å². The largest absolute Gasteiger partial charge is 0.530 e. The molecule has 0 aliphatic heterocycles. The molecule has 5 heteroatoms. The van der Waals surface area contributed by atoms with Gasteiger partial charge in [-0.05, 0) is 12.8 Å². The van der Waals surface area contributed by atoms with Crippen molar-refractivity contribution in [2.24, 2.45) is 0 Å². The molecule has 1 aliphatic rings. The first-order valence-electron chi connectivity index (χ1n) is 3.85. The molecule has 0 saturated heterocycles. The smallest absolute Gasteiger partial charge is 0.248 e. The van der Waals surface area contributed by atoms with E-state index in [0.717, 1.165) is 0 Å². The lowest BCUT2D eigenvalue weighted by atomic mass is 9.92. The number of rotatable bonds is 1. The molecule has 0 aromatic rings. The summed E-state index contributed by atoms with van der Waals surface area (Å²) in [6, 6.07) is -0.352. The Labute approximate surface area is 68.8 Å². The van der Waals surface area contributed by atoms with Crippen LogP contribution in [0.3, 0.4) is 0 Å². The van der Waals surface area contributed by atoms with E-state index in [2.05, 4.69) is 5.32 Å². The molecule has 0 unspecified atom stereocenters. The molecule has 0 spiro atoms. The lowest BCUT2D eigenvalue weighted by Gasteiger charge is -2.29. The van der Waals surface area contributed by atoms with Crippen LogP contribution in [0.4, 0.5) is 13.6 Å². The van der Waals surface area contributed by atoms with Crippen molar-refractivity contribution < 1.29 is 18.7 Å². The van der Waals surface area contributed by atoms with E-state index in [0.29, 0.717) is 0 Å². The van der Waals surface area contributed by atoms with Gasteiger partial charge >= 0.3 is 0 Å². The minimum Gasteiger partial charge on any atom is -0.530 e. The molecule has 0 bridgehead atoms. The van der Waals surface area contributed by atoms with Crippen LogP contribution in [0, 0.1) is 0 Å². The van der Waals surface area contributed by atoms with Gasteiger partial charge in [0.2, 0.25) is 5.92 Å². The summed E-state index contributed by atoms with van der Waals surface area (Å²) in [5, 5.41) is 12.1. The molecule has 1 fully saturated rings. The average Bonchev–Trinajstić information content (AvgIpc) is 1.93. The van der Waals surface area contributed by atoms with E-state index in [1.165, 1.54) is 0 Å². The zero-order valence-corrected chi connectivity index (χ0v) is 6.48. The number of carbonyl (C=O) groups is 1. The summed E-state index contributed by atoms with van der Waals surface area (Å²) in [5.41, 5.74) is 0. The highest BCUT2D eigenvalue weighted by atomic mass is 19.3. The molecule has 3 nitrogen and oxygen atoms in total. The maximum atomic E-state index is 12.5. The van der Waals surface area contributed by atoms with Gasteiger partial charge in [-0.2, -0.15) is 0 Å². The molecule has 0 radical (unpaired) electrons. The fourth-order valence-electron chi connectivity index (χ4n) is 1.35. The van der Waals surface area contributed by atoms with Gasteiger partial charge in [-0.25, -0.2) is 8.78 Å². The third kappa shape index (κ3) is 2.64. The van der Waals surface area contributed by atoms with Crippen molar-refractivity contribution in [2.75, 3.05) is 0 Å². The highest BCUT2D eigenvalue weighted by molar-refractivity contribution is 5.62. The van der Waals surface area contributed by atoms with Crippen molar-refractivity contribution in [3.8, 4) is 0 Å². The molecule has 12 heavy (non-hydrogen) atoms. The van der Waals surface area contributed by atoms with Crippen molar-refractivity contribution >= 4 is 6.09 Å². The maximum Gasteiger partial charge on any atom is 0.248 e. The van der Waals surface area contributed by atoms with E-state index in [-0.39, 0.29) is 31.7 Å². The second-order valence-electron chi connectivity index (χ2n) is 3.06. The summed E-state index contributed by atoms with van der Waals surface area (Å²) in [7, 11) is 0. The van der Waals surface area contributed by atoms with Gasteiger partial charge in [-0.15, -0.1) is 0 Å². The number of carboxylic acid groups (broad SMARTS) is 1. The Morgan fingerprint density at radius 2 is 1.92 bits per heavy atom. The summed E-state index contributed by atoms with van der Waals surface area (Å²) in [5.74, 6) is -2.61. The minimum atomic E-state index is -2.61. The van der Waals surface area contributed by atoms with Gasteiger partial charge in [-0.1, -0.05) is 0 Å². The van der Waals surface area contributed by atoms with Crippen LogP contribution in [-0.4, -0.2) is 18.1 Å². The number of amides is 1. The van der Waals surface area contributed by atoms with E-state index in [4.69, 9.17) is 0 Å². The van der Waals surface area contributed by atoms with Crippen LogP contribution in [0.1, 0.15) is 25.7 Å². The summed E-state index contributed by atoms with van der Waals surface area (Å²) in [6.45, 7) is 0. The number of carbonyl (C=O) groups excluding carboxylic acids is 1. The monoisotopic (exact) mass is 178 g/mol. The topological polar surface area (TPSA) is 52.2 Å². The van der Waals surface area contributed by atoms with E-state index in [1.54, 1.807) is 0 Å². The highest BCUT2D eigenvalue weighted by Crippen LogP contribution is 2.32. The molecule has 70 valence electrons. The molecule has 0 aromatic carbocycles. The van der Waals surface area contributed by atoms with Crippen molar-refractivity contribution in [3.63, 3.8) is 0 Å². The lowest BCUT2D eigenvalue weighted by molar-refractivity contribution is -0.252. The Bertz CT molecular complexity index is 174. The highest BCUT2D eigenvalue weighted by Gasteiger charge is 2.34. The second kappa shape index (κ2) is 3.25. The average molecular weight is 178 g/mol. The molecule has 1 amide bonds. The predicted molar refractivity (Wildman–Crippen MR) is 35.7 cm³/mol. The van der Waals surface area contributed by atoms with Gasteiger partial charge in [0.15, 0.2) is 0 Å². The van der Waals surface area contributed by atoms with Crippen LogP contribution < -0.4 is 10.4 Å². The summed E-state index contributed by atoms with van der Waals surface area (Å²) in [4.78, 5) is 10.0. The number of alkyl halides is 2. The summed E-state index contributed by atoms with van der Waals surface area (Å²) >= 11 is 0. The van der Waals surface area contributed by atoms with Crippen LogP contribution in [0.5, 0.6) is 0 Å². The standard InChI is InChI=1S/C7H11F2NO2/c8-7(9)3-1-5(2-4-7)10-6(11)12/h5,10H,1-4H2,(H,11,12)/p-1. The second-order valence-corrected chi connectivity index (χ2v) is 3.06. The first-order chi connectivity index (χ1) is 5.49. The molecular formula is C7H10F2NO2-. The predicted octanol–water partition coefficient (Wildman–Crippen LogP) is 0.497. The minimum absolute atomic E-state index is 0.195. The van der Waals surface area contributed by atoms with Crippen LogP contribution in [0.15, 0.2) is 0 Å². The van der Waals surface area contributed by atoms with Crippen LogP contribution in [-0.2, 0) is 0 Å². The lowest BCUT2D eigenvalue weighted by Crippen LogP contribution is -2.46. The molecule has 1 saturated carbocycles. The maximum absolute atomic E-state index is 12.5. The molecule has 0 atom stereocenters. The van der Waals surface area contributed by atoms with Crippen molar-refractivity contribution in [1.82, 2.24) is 5.32 Å². The van der Waals surface area contributed by atoms with E-state index in [9.17, 15) is 18.7 Å². The van der Waals surface area contributed by atoms with Crippen LogP contribution in [0.25, 0.3) is 0 Å². The zero-order chi connectivity index (χ0) is 9.19. The number of hydrogen-bond donors (Lipinski definition) is 1. The molecule has 0 heterocycles. The van der Waals surface area contributed by atoms with Crippen LogP contribution in [0.2, 0.25) is 0 Å². The van der Waals surface area contributed by atoms with Crippen molar-refractivity contribution in [3.05, 3.63) is 0 Å². The normalized spacial score (nSPS) is 23.5. The van der Waals surface area contributed by atoms with Gasteiger partial charge in [0.25, 0.3) is 0 Å². The SMILES string of the molecule is O=C([O-])NC1CCC(F)(F)CC1. The molecule has 0 aromatic heterocycles. The van der Waals surface area contributed by atoms with Crippen molar-refractivity contribution in [1.29, 1.82) is 0 Å². The zero-order valence-electron chi connectivity index (χ0n) is 6.48. The third-order valence-corrected chi connectivity index (χ3v) is 2.04. The third-order valence-electron chi connectivity index (χ3n) is 2.04. The Morgan fingerprint density at radius 3 is 2.33 bits per heavy atom. The van der Waals surface area contributed by atoms with Gasteiger partial charge in [-0.3, -0.25) is 0 Å². The van der Waals surface area contributed by atoms with Crippen LogP contribution >= 0.6 is 0 Å². The Balaban J connectivity index is 2.31. The molecule has 1 rings (SSSR count). The molecular weight excluding hydrogens is 168 g/mol. The quantitative estimate of drug-likeness (QED) is 0.635. The number of hydrogen-bond acceptors (Lipinski definition) is 2. The Hall–Kier alpha value is -0.870. The fourth-order valence-corrected chi connectivity index (χ4v) is 1.35. The van der Waals surface area contributed by atoms with Gasteiger partial charge in [0, 0.05) is 18.9 Å². The first kappa shape index (κ1) is 9.22. The summed E-state index contributed by atoms with van der Waals surface area (Å²) < 4.78 is 25.0. The van der Waals surface area contributed by atoms with Gasteiger partial charge in [0.05, 0.1) is 0 Å². The Morgan fingerprint density at radius 1 is 1.42 bits per heavy atom. The van der Waals surface area contributed by atoms with E-state index >= 15 is 0 Å². The fraction of sp³-hybridized carbons (Fsp3) is 0.857. The molecule has 1 N–H and O–H groups in total. The van der Waals surface area contributed by atoms with E-state index < -0.39 is 12.0 Å². The first-order valence-corrected chi connectivity index (χ1v) is 3.85. The van der Waals surface area contributed by atoms with Crippen molar-refractivity contribution in [2.45, 2.75) is 37.6 Å². The molecule has 1 aliphatic carbocycles. The Kier molecular flexibility index (Phi) is 2.49. The number of nitrogens with one attached hydrogen (secondary N) is 1. The van der Waals surface area contributed by atoms with Gasteiger partial charge < -0.3 is 15.2 Å². The van der Waals surface area contributed by atoms with E-state index in [1.807, 2.05) is 0 Å². The number of halogens is 2. The summed E-state index contributed by atoms with van der Waals surface area (Å²) in [6.07, 6.45) is -1.47.